The fourth-order valence-electron chi connectivity index (χ4n) is 3.05. The van der Waals surface area contributed by atoms with E-state index in [4.69, 9.17) is 0 Å². The lowest BCUT2D eigenvalue weighted by atomic mass is 9.83. The molecule has 6 nitrogen and oxygen atoms in total. The SMILES string of the molecule is CCc1cc2c(C3=NN(C)C(=O)C3(C)C)ccc(C(C)O)n2n1. The first kappa shape index (κ1) is 15.7. The van der Waals surface area contributed by atoms with Gasteiger partial charge in [-0.15, -0.1) is 0 Å². The second-order valence-corrected chi connectivity index (χ2v) is 6.54. The number of aliphatic hydroxyl groups excluding tert-OH is 1. The topological polar surface area (TPSA) is 70.2 Å². The van der Waals surface area contributed by atoms with Gasteiger partial charge < -0.3 is 5.11 Å². The average molecular weight is 314 g/mol. The Balaban J connectivity index is 2.28. The summed E-state index contributed by atoms with van der Waals surface area (Å²) in [6.07, 6.45) is 0.175. The molecule has 0 aliphatic carbocycles. The Morgan fingerprint density at radius 1 is 1.35 bits per heavy atom. The Morgan fingerprint density at radius 2 is 2.04 bits per heavy atom. The number of aromatic nitrogens is 2. The summed E-state index contributed by atoms with van der Waals surface area (Å²) in [5, 5.41) is 20.4. The van der Waals surface area contributed by atoms with Gasteiger partial charge in [0, 0.05) is 12.6 Å². The van der Waals surface area contributed by atoms with E-state index in [1.54, 1.807) is 18.5 Å². The zero-order chi connectivity index (χ0) is 16.9. The Bertz CT molecular complexity index is 817. The van der Waals surface area contributed by atoms with Gasteiger partial charge in [-0.25, -0.2) is 9.52 Å². The van der Waals surface area contributed by atoms with Crippen LogP contribution in [0.2, 0.25) is 0 Å². The molecule has 0 fully saturated rings. The van der Waals surface area contributed by atoms with Crippen molar-refractivity contribution in [3.8, 4) is 0 Å². The van der Waals surface area contributed by atoms with Crippen molar-refractivity contribution in [3.63, 3.8) is 0 Å². The predicted octanol–water partition coefficient (Wildman–Crippen LogP) is 2.15. The zero-order valence-corrected chi connectivity index (χ0v) is 14.2. The van der Waals surface area contributed by atoms with Crippen LogP contribution >= 0.6 is 0 Å². The number of carbonyl (C=O) groups is 1. The average Bonchev–Trinajstić information content (AvgIpc) is 3.01. The van der Waals surface area contributed by atoms with Crippen molar-refractivity contribution in [2.24, 2.45) is 10.5 Å². The largest absolute Gasteiger partial charge is 0.387 e. The molecule has 0 saturated carbocycles. The Kier molecular flexibility index (Phi) is 3.52. The molecule has 3 heterocycles. The van der Waals surface area contributed by atoms with Crippen molar-refractivity contribution in [3.05, 3.63) is 35.2 Å². The number of amides is 1. The molecule has 1 atom stereocenters. The number of aryl methyl sites for hydroxylation is 1. The van der Waals surface area contributed by atoms with Gasteiger partial charge in [0.1, 0.15) is 0 Å². The van der Waals surface area contributed by atoms with Gasteiger partial charge in [-0.3, -0.25) is 4.79 Å². The predicted molar refractivity (Wildman–Crippen MR) is 88.3 cm³/mol. The second-order valence-electron chi connectivity index (χ2n) is 6.54. The molecule has 0 bridgehead atoms. The van der Waals surface area contributed by atoms with Gasteiger partial charge in [0.2, 0.25) is 0 Å². The molecule has 2 aromatic rings. The quantitative estimate of drug-likeness (QED) is 0.943. The molecule has 1 amide bonds. The summed E-state index contributed by atoms with van der Waals surface area (Å²) in [6.45, 7) is 7.52. The van der Waals surface area contributed by atoms with Crippen LogP contribution in [0.1, 0.15) is 50.8 Å². The molecule has 0 aromatic carbocycles. The second kappa shape index (κ2) is 5.16. The summed E-state index contributed by atoms with van der Waals surface area (Å²) < 4.78 is 1.76. The third-order valence-corrected chi connectivity index (χ3v) is 4.42. The molecule has 0 radical (unpaired) electrons. The van der Waals surface area contributed by atoms with E-state index in [9.17, 15) is 9.90 Å². The number of pyridine rings is 1. The van der Waals surface area contributed by atoms with Crippen LogP contribution in [-0.2, 0) is 11.2 Å². The van der Waals surface area contributed by atoms with Gasteiger partial charge in [0.15, 0.2) is 0 Å². The van der Waals surface area contributed by atoms with Gasteiger partial charge in [-0.05, 0) is 45.4 Å². The van der Waals surface area contributed by atoms with E-state index in [1.165, 1.54) is 5.01 Å². The van der Waals surface area contributed by atoms with Crippen molar-refractivity contribution in [1.29, 1.82) is 0 Å². The maximum Gasteiger partial charge on any atom is 0.254 e. The molecule has 1 N–H and O–H groups in total. The molecule has 122 valence electrons. The first-order chi connectivity index (χ1) is 10.8. The fraction of sp³-hybridized carbons (Fsp3) is 0.471. The van der Waals surface area contributed by atoms with E-state index in [0.29, 0.717) is 0 Å². The summed E-state index contributed by atoms with van der Waals surface area (Å²) in [5.41, 5.74) is 3.46. The van der Waals surface area contributed by atoms with Crippen molar-refractivity contribution in [2.45, 2.75) is 40.2 Å². The van der Waals surface area contributed by atoms with E-state index in [1.807, 2.05) is 39.0 Å². The van der Waals surface area contributed by atoms with Crippen LogP contribution in [0.3, 0.4) is 0 Å². The molecule has 1 aliphatic rings. The smallest absolute Gasteiger partial charge is 0.254 e. The summed E-state index contributed by atoms with van der Waals surface area (Å²) >= 11 is 0. The van der Waals surface area contributed by atoms with Crippen molar-refractivity contribution in [1.82, 2.24) is 14.6 Å². The van der Waals surface area contributed by atoms with E-state index in [2.05, 4.69) is 10.2 Å². The Morgan fingerprint density at radius 3 is 2.57 bits per heavy atom. The zero-order valence-electron chi connectivity index (χ0n) is 14.2. The summed E-state index contributed by atoms with van der Waals surface area (Å²) in [5.74, 6) is -0.0273. The number of fused-ring (bicyclic) bond motifs is 1. The van der Waals surface area contributed by atoms with Crippen LogP contribution < -0.4 is 0 Å². The standard InChI is InChI=1S/C17H22N4O2/c1-6-11-9-14-12(7-8-13(10(2)22)21(14)18-11)15-17(3,4)16(23)20(5)19-15/h7-10,22H,6H2,1-5H3. The van der Waals surface area contributed by atoms with Crippen LogP contribution in [0.5, 0.6) is 0 Å². The molecular weight excluding hydrogens is 292 g/mol. The lowest BCUT2D eigenvalue weighted by Crippen LogP contribution is -2.33. The van der Waals surface area contributed by atoms with Crippen LogP contribution in [0.15, 0.2) is 23.3 Å². The van der Waals surface area contributed by atoms with Gasteiger partial charge in [-0.1, -0.05) is 6.92 Å². The highest BCUT2D eigenvalue weighted by Gasteiger charge is 2.43. The molecule has 0 spiro atoms. The highest BCUT2D eigenvalue weighted by Crippen LogP contribution is 2.33. The molecule has 0 saturated heterocycles. The van der Waals surface area contributed by atoms with Crippen LogP contribution in [0, 0.1) is 5.41 Å². The number of aliphatic hydroxyl groups is 1. The fourth-order valence-corrected chi connectivity index (χ4v) is 3.05. The number of carbonyl (C=O) groups excluding carboxylic acids is 1. The maximum atomic E-state index is 12.3. The van der Waals surface area contributed by atoms with E-state index < -0.39 is 11.5 Å². The minimum absolute atomic E-state index is 0.0273. The maximum absolute atomic E-state index is 12.3. The van der Waals surface area contributed by atoms with Gasteiger partial charge in [0.05, 0.1) is 34.1 Å². The number of hydrogen-bond acceptors (Lipinski definition) is 4. The van der Waals surface area contributed by atoms with E-state index in [0.717, 1.165) is 34.6 Å². The first-order valence-electron chi connectivity index (χ1n) is 7.84. The van der Waals surface area contributed by atoms with Crippen molar-refractivity contribution < 1.29 is 9.90 Å². The number of nitrogens with zero attached hydrogens (tertiary/aromatic N) is 4. The van der Waals surface area contributed by atoms with Gasteiger partial charge >= 0.3 is 0 Å². The third kappa shape index (κ3) is 2.25. The minimum Gasteiger partial charge on any atom is -0.387 e. The summed E-state index contributed by atoms with van der Waals surface area (Å²) in [6, 6.07) is 5.77. The van der Waals surface area contributed by atoms with Crippen LogP contribution in [-0.4, -0.2) is 38.4 Å². The molecular formula is C17H22N4O2. The molecule has 23 heavy (non-hydrogen) atoms. The van der Waals surface area contributed by atoms with Gasteiger partial charge in [0.25, 0.3) is 5.91 Å². The Labute approximate surface area is 135 Å². The summed E-state index contributed by atoms with van der Waals surface area (Å²) in [7, 11) is 1.67. The number of hydrogen-bond donors (Lipinski definition) is 1. The van der Waals surface area contributed by atoms with Crippen LogP contribution in [0.25, 0.3) is 5.52 Å². The van der Waals surface area contributed by atoms with E-state index >= 15 is 0 Å². The summed E-state index contributed by atoms with van der Waals surface area (Å²) in [4.78, 5) is 12.3. The Hall–Kier alpha value is -2.21. The lowest BCUT2D eigenvalue weighted by Gasteiger charge is -2.19. The first-order valence-corrected chi connectivity index (χ1v) is 7.84. The molecule has 1 unspecified atom stereocenters. The van der Waals surface area contributed by atoms with Crippen molar-refractivity contribution >= 4 is 17.1 Å². The number of rotatable bonds is 3. The van der Waals surface area contributed by atoms with Crippen molar-refractivity contribution in [2.75, 3.05) is 7.05 Å². The monoisotopic (exact) mass is 314 g/mol. The minimum atomic E-state index is -0.682. The highest BCUT2D eigenvalue weighted by molar-refractivity contribution is 6.21. The highest BCUT2D eigenvalue weighted by atomic mass is 16.3. The molecule has 3 rings (SSSR count). The normalized spacial score (nSPS) is 18.6. The number of hydrazone groups is 1. The third-order valence-electron chi connectivity index (χ3n) is 4.42. The lowest BCUT2D eigenvalue weighted by molar-refractivity contribution is -0.133. The van der Waals surface area contributed by atoms with Crippen LogP contribution in [0.4, 0.5) is 0 Å². The van der Waals surface area contributed by atoms with Gasteiger partial charge in [-0.2, -0.15) is 10.2 Å². The van der Waals surface area contributed by atoms with E-state index in [-0.39, 0.29) is 5.91 Å². The molecule has 2 aromatic heterocycles. The molecule has 1 aliphatic heterocycles. The molecule has 6 heteroatoms.